The van der Waals surface area contributed by atoms with E-state index in [1.807, 2.05) is 12.1 Å². The highest BCUT2D eigenvalue weighted by molar-refractivity contribution is 6.21. The molecule has 0 aliphatic heterocycles. The van der Waals surface area contributed by atoms with Crippen LogP contribution in [0.2, 0.25) is 0 Å². The van der Waals surface area contributed by atoms with Crippen molar-refractivity contribution in [1.29, 1.82) is 0 Å². The molecule has 272 valence electrons. The van der Waals surface area contributed by atoms with E-state index in [2.05, 4.69) is 196 Å². The maximum atomic E-state index is 6.16. The second-order valence-corrected chi connectivity index (χ2v) is 16.4. The Labute approximate surface area is 337 Å². The van der Waals surface area contributed by atoms with E-state index in [0.717, 1.165) is 21.9 Å². The molecule has 12 rings (SSSR count). The van der Waals surface area contributed by atoms with Gasteiger partial charge in [-0.2, -0.15) is 0 Å². The summed E-state index contributed by atoms with van der Waals surface area (Å²) in [4.78, 5) is 0. The summed E-state index contributed by atoms with van der Waals surface area (Å²) < 4.78 is 6.16. The number of para-hydroxylation sites is 1. The van der Waals surface area contributed by atoms with E-state index >= 15 is 0 Å². The first-order valence-corrected chi connectivity index (χ1v) is 20.2. The van der Waals surface area contributed by atoms with E-state index in [9.17, 15) is 0 Å². The van der Waals surface area contributed by atoms with Gasteiger partial charge in [0.25, 0.3) is 0 Å². The van der Waals surface area contributed by atoms with Crippen molar-refractivity contribution in [1.82, 2.24) is 0 Å². The topological polar surface area (TPSA) is 13.1 Å². The fourth-order valence-electron chi connectivity index (χ4n) is 9.95. The summed E-state index contributed by atoms with van der Waals surface area (Å²) in [5, 5.41) is 9.90. The molecule has 0 unspecified atom stereocenters. The van der Waals surface area contributed by atoms with Crippen LogP contribution >= 0.6 is 0 Å². The molecule has 0 amide bonds. The van der Waals surface area contributed by atoms with Crippen LogP contribution in [0.25, 0.3) is 110 Å². The minimum absolute atomic E-state index is 0.183. The number of hydrogen-bond acceptors (Lipinski definition) is 1. The normalized spacial score (nSPS) is 13.1. The maximum Gasteiger partial charge on any atom is 0.135 e. The third-order valence-electron chi connectivity index (χ3n) is 12.8. The van der Waals surface area contributed by atoms with Crippen LogP contribution in [-0.4, -0.2) is 0 Å². The molecule has 0 bridgehead atoms. The van der Waals surface area contributed by atoms with Gasteiger partial charge in [0.2, 0.25) is 0 Å². The lowest BCUT2D eigenvalue weighted by atomic mass is 9.80. The molecule has 0 fully saturated rings. The number of fused-ring (bicyclic) bond motifs is 9. The van der Waals surface area contributed by atoms with Gasteiger partial charge in [-0.25, -0.2) is 0 Å². The van der Waals surface area contributed by atoms with Gasteiger partial charge in [0, 0.05) is 16.2 Å². The molecular weight excluding hydrogens is 701 g/mol. The lowest BCUT2D eigenvalue weighted by Crippen LogP contribution is -2.15. The molecular formula is C57H38O. The van der Waals surface area contributed by atoms with Crippen molar-refractivity contribution < 1.29 is 4.42 Å². The van der Waals surface area contributed by atoms with Gasteiger partial charge in [0.15, 0.2) is 0 Å². The fraction of sp³-hybridized carbons (Fsp3) is 0.0526. The highest BCUT2D eigenvalue weighted by atomic mass is 16.3. The van der Waals surface area contributed by atoms with Crippen molar-refractivity contribution in [2.75, 3.05) is 0 Å². The summed E-state index contributed by atoms with van der Waals surface area (Å²) in [7, 11) is 0. The molecule has 1 heteroatoms. The van der Waals surface area contributed by atoms with Crippen LogP contribution in [0.3, 0.4) is 0 Å². The Morgan fingerprint density at radius 1 is 0.310 bits per heavy atom. The van der Waals surface area contributed by atoms with Crippen molar-refractivity contribution in [3.63, 3.8) is 0 Å². The molecule has 11 aromatic rings. The summed E-state index contributed by atoms with van der Waals surface area (Å²) in [5.74, 6) is 0. The van der Waals surface area contributed by atoms with Crippen LogP contribution in [0.15, 0.2) is 199 Å². The maximum absolute atomic E-state index is 6.16. The lowest BCUT2D eigenvalue weighted by molar-refractivity contribution is 0.661. The standard InChI is InChI=1S/C57H38O/c1-57(2)51-33-40(39-26-29-54-50(32-39)45-16-9-10-21-53(45)58-54)24-27-43(51)44-28-25-42(34-52(44)57)56-48-19-7-5-17-46(48)55(47-18-6-8-20-49(47)56)41-15-11-14-37(31-41)38-23-22-35-12-3-4-13-36(35)30-38/h3-34H,1-2H3. The first kappa shape index (κ1) is 33.0. The van der Waals surface area contributed by atoms with Crippen LogP contribution < -0.4 is 0 Å². The molecule has 0 N–H and O–H groups in total. The Kier molecular flexibility index (Phi) is 7.04. The first-order chi connectivity index (χ1) is 28.5. The minimum atomic E-state index is -0.183. The SMILES string of the molecule is CC1(C)c2cc(-c3ccc4oc5ccccc5c4c3)ccc2-c2ccc(-c3c4ccccc4c(-c4cccc(-c5ccc6ccccc6c5)c4)c4ccccc34)cc21. The van der Waals surface area contributed by atoms with E-state index in [0.29, 0.717) is 0 Å². The molecule has 0 atom stereocenters. The van der Waals surface area contributed by atoms with Crippen molar-refractivity contribution >= 4 is 54.3 Å². The smallest absolute Gasteiger partial charge is 0.135 e. The van der Waals surface area contributed by atoms with E-state index in [4.69, 9.17) is 4.42 Å². The first-order valence-electron chi connectivity index (χ1n) is 20.2. The molecule has 10 aromatic carbocycles. The molecule has 1 nitrogen and oxygen atoms in total. The molecule has 1 aliphatic carbocycles. The van der Waals surface area contributed by atoms with Crippen LogP contribution in [-0.2, 0) is 5.41 Å². The van der Waals surface area contributed by atoms with Crippen molar-refractivity contribution in [3.05, 3.63) is 205 Å². The number of rotatable bonds is 4. The van der Waals surface area contributed by atoms with E-state index in [-0.39, 0.29) is 5.41 Å². The van der Waals surface area contributed by atoms with E-state index < -0.39 is 0 Å². The van der Waals surface area contributed by atoms with Gasteiger partial charge in [-0.1, -0.05) is 166 Å². The van der Waals surface area contributed by atoms with Gasteiger partial charge in [-0.15, -0.1) is 0 Å². The van der Waals surface area contributed by atoms with E-state index in [1.54, 1.807) is 0 Å². The Morgan fingerprint density at radius 3 is 1.48 bits per heavy atom. The second-order valence-electron chi connectivity index (χ2n) is 16.4. The molecule has 0 radical (unpaired) electrons. The van der Waals surface area contributed by atoms with Crippen LogP contribution in [0, 0.1) is 0 Å². The molecule has 0 saturated carbocycles. The third-order valence-corrected chi connectivity index (χ3v) is 12.8. The molecule has 1 aliphatic rings. The second kappa shape index (κ2) is 12.4. The Balaban J connectivity index is 0.984. The average molecular weight is 739 g/mol. The Hall–Kier alpha value is -7.22. The van der Waals surface area contributed by atoms with E-state index in [1.165, 1.54) is 99.1 Å². The number of hydrogen-bond donors (Lipinski definition) is 0. The minimum Gasteiger partial charge on any atom is -0.456 e. The van der Waals surface area contributed by atoms with Crippen LogP contribution in [0.4, 0.5) is 0 Å². The predicted octanol–water partition coefficient (Wildman–Crippen LogP) is 16.0. The molecule has 1 heterocycles. The predicted molar refractivity (Wildman–Crippen MR) is 246 cm³/mol. The lowest BCUT2D eigenvalue weighted by Gasteiger charge is -2.23. The quantitative estimate of drug-likeness (QED) is 0.164. The summed E-state index contributed by atoms with van der Waals surface area (Å²) in [6.45, 7) is 4.78. The molecule has 1 aromatic heterocycles. The van der Waals surface area contributed by atoms with Gasteiger partial charge in [0.1, 0.15) is 11.2 Å². The van der Waals surface area contributed by atoms with Gasteiger partial charge in [-0.05, 0) is 142 Å². The molecule has 58 heavy (non-hydrogen) atoms. The van der Waals surface area contributed by atoms with Gasteiger partial charge in [0.05, 0.1) is 0 Å². The summed E-state index contributed by atoms with van der Waals surface area (Å²) in [6.07, 6.45) is 0. The zero-order valence-electron chi connectivity index (χ0n) is 32.4. The zero-order valence-corrected chi connectivity index (χ0v) is 32.4. The Morgan fingerprint density at radius 2 is 0.776 bits per heavy atom. The Bertz CT molecular complexity index is 3430. The highest BCUT2D eigenvalue weighted by Gasteiger charge is 2.36. The van der Waals surface area contributed by atoms with Crippen LogP contribution in [0.5, 0.6) is 0 Å². The number of furan rings is 1. The monoisotopic (exact) mass is 738 g/mol. The van der Waals surface area contributed by atoms with Crippen LogP contribution in [0.1, 0.15) is 25.0 Å². The van der Waals surface area contributed by atoms with Crippen molar-refractivity contribution in [2.24, 2.45) is 0 Å². The van der Waals surface area contributed by atoms with Crippen molar-refractivity contribution in [3.8, 4) is 55.6 Å². The van der Waals surface area contributed by atoms with Gasteiger partial charge in [-0.3, -0.25) is 0 Å². The van der Waals surface area contributed by atoms with Gasteiger partial charge >= 0.3 is 0 Å². The largest absolute Gasteiger partial charge is 0.456 e. The zero-order chi connectivity index (χ0) is 38.5. The number of benzene rings is 10. The summed E-state index contributed by atoms with van der Waals surface area (Å²) in [5.41, 5.74) is 17.0. The summed E-state index contributed by atoms with van der Waals surface area (Å²) >= 11 is 0. The van der Waals surface area contributed by atoms with Gasteiger partial charge < -0.3 is 4.42 Å². The summed E-state index contributed by atoms with van der Waals surface area (Å²) in [6, 6.07) is 71.6. The average Bonchev–Trinajstić information content (AvgIpc) is 3.76. The molecule has 0 saturated heterocycles. The fourth-order valence-corrected chi connectivity index (χ4v) is 9.95. The highest BCUT2D eigenvalue weighted by Crippen LogP contribution is 2.52. The third kappa shape index (κ3) is 4.90. The molecule has 0 spiro atoms. The van der Waals surface area contributed by atoms with Crippen molar-refractivity contribution in [2.45, 2.75) is 19.3 Å².